The maximum absolute atomic E-state index is 8.73. The first-order valence-corrected chi connectivity index (χ1v) is 4.97. The molecule has 1 heterocycles. The van der Waals surface area contributed by atoms with Crippen LogP contribution in [0.3, 0.4) is 0 Å². The highest BCUT2D eigenvalue weighted by Crippen LogP contribution is 2.16. The summed E-state index contributed by atoms with van der Waals surface area (Å²) < 4.78 is 6.78. The molecule has 1 aromatic heterocycles. The van der Waals surface area contributed by atoms with Crippen LogP contribution in [0.4, 0.5) is 0 Å². The molecule has 1 aromatic rings. The Labute approximate surface area is 88.4 Å². The maximum Gasteiger partial charge on any atom is 0.0817 e. The van der Waals surface area contributed by atoms with Crippen molar-refractivity contribution in [3.63, 3.8) is 0 Å². The number of hydrogen-bond donors (Lipinski definition) is 1. The van der Waals surface area contributed by atoms with Gasteiger partial charge >= 0.3 is 0 Å². The molecule has 0 saturated carbocycles. The highest BCUT2D eigenvalue weighted by Gasteiger charge is 2.07. The van der Waals surface area contributed by atoms with E-state index in [9.17, 15) is 0 Å². The lowest BCUT2D eigenvalue weighted by Crippen LogP contribution is -2.10. The maximum atomic E-state index is 8.73. The monoisotopic (exact) mass is 218 g/mol. The lowest BCUT2D eigenvalue weighted by atomic mass is 10.2. The van der Waals surface area contributed by atoms with Crippen LogP contribution in [0.5, 0.6) is 0 Å². The molecule has 0 fully saturated rings. The molecule has 0 amide bonds. The van der Waals surface area contributed by atoms with E-state index in [1.165, 1.54) is 0 Å². The topological polar surface area (TPSA) is 47.3 Å². The summed E-state index contributed by atoms with van der Waals surface area (Å²) in [7, 11) is 1.65. The average Bonchev–Trinajstić information content (AvgIpc) is 2.53. The fourth-order valence-electron chi connectivity index (χ4n) is 1.25. The van der Waals surface area contributed by atoms with Gasteiger partial charge in [-0.3, -0.25) is 4.68 Å². The molecule has 4 nitrogen and oxygen atoms in total. The highest BCUT2D eigenvalue weighted by atomic mass is 35.5. The van der Waals surface area contributed by atoms with Crippen LogP contribution in [0.25, 0.3) is 0 Å². The molecule has 5 heteroatoms. The Morgan fingerprint density at radius 3 is 3.07 bits per heavy atom. The number of nitrogens with zero attached hydrogens (tertiary/aromatic N) is 2. The molecule has 0 atom stereocenters. The van der Waals surface area contributed by atoms with Gasteiger partial charge in [0.1, 0.15) is 0 Å². The van der Waals surface area contributed by atoms with Crippen molar-refractivity contribution in [3.8, 4) is 0 Å². The number of methoxy groups -OCH3 is 1. The molecule has 0 unspecified atom stereocenters. The van der Waals surface area contributed by atoms with Gasteiger partial charge < -0.3 is 9.84 Å². The first kappa shape index (κ1) is 11.5. The van der Waals surface area contributed by atoms with Crippen molar-refractivity contribution >= 4 is 11.6 Å². The third-order valence-corrected chi connectivity index (χ3v) is 2.29. The van der Waals surface area contributed by atoms with E-state index in [-0.39, 0.29) is 6.61 Å². The van der Waals surface area contributed by atoms with Gasteiger partial charge in [0.25, 0.3) is 0 Å². The SMILES string of the molecule is COCCn1ncc(Cl)c1CCCO. The zero-order chi connectivity index (χ0) is 10.4. The fraction of sp³-hybridized carbons (Fsp3) is 0.667. The van der Waals surface area contributed by atoms with Gasteiger partial charge in [-0.25, -0.2) is 0 Å². The van der Waals surface area contributed by atoms with E-state index in [1.807, 2.05) is 4.68 Å². The normalized spacial score (nSPS) is 10.8. The Morgan fingerprint density at radius 1 is 1.64 bits per heavy atom. The zero-order valence-corrected chi connectivity index (χ0v) is 9.00. The number of aliphatic hydroxyl groups excluding tert-OH is 1. The molecule has 0 aliphatic rings. The molecule has 80 valence electrons. The Balaban J connectivity index is 2.62. The molecule has 0 radical (unpaired) electrons. The van der Waals surface area contributed by atoms with Crippen molar-refractivity contribution in [1.82, 2.24) is 9.78 Å². The lowest BCUT2D eigenvalue weighted by molar-refractivity contribution is 0.182. The van der Waals surface area contributed by atoms with Gasteiger partial charge in [-0.2, -0.15) is 5.10 Å². The predicted molar refractivity (Wildman–Crippen MR) is 54.5 cm³/mol. The van der Waals surface area contributed by atoms with E-state index >= 15 is 0 Å². The van der Waals surface area contributed by atoms with Crippen molar-refractivity contribution in [2.24, 2.45) is 0 Å². The second kappa shape index (κ2) is 6.01. The third-order valence-electron chi connectivity index (χ3n) is 1.98. The standard InChI is InChI=1S/C9H15ClN2O2/c1-14-6-4-12-9(3-2-5-13)8(10)7-11-12/h7,13H,2-6H2,1H3. The average molecular weight is 219 g/mol. The van der Waals surface area contributed by atoms with Gasteiger partial charge in [0.2, 0.25) is 0 Å². The lowest BCUT2D eigenvalue weighted by Gasteiger charge is -2.06. The summed E-state index contributed by atoms with van der Waals surface area (Å²) in [5.74, 6) is 0. The van der Waals surface area contributed by atoms with Crippen LogP contribution in [0.15, 0.2) is 6.20 Å². The van der Waals surface area contributed by atoms with E-state index in [2.05, 4.69) is 5.10 Å². The molecule has 1 N–H and O–H groups in total. The van der Waals surface area contributed by atoms with Crippen molar-refractivity contribution in [3.05, 3.63) is 16.9 Å². The van der Waals surface area contributed by atoms with E-state index in [4.69, 9.17) is 21.4 Å². The summed E-state index contributed by atoms with van der Waals surface area (Å²) >= 11 is 5.95. The molecule has 0 aliphatic heterocycles. The van der Waals surface area contributed by atoms with Crippen LogP contribution < -0.4 is 0 Å². The van der Waals surface area contributed by atoms with E-state index in [1.54, 1.807) is 13.3 Å². The van der Waals surface area contributed by atoms with E-state index in [0.717, 1.165) is 12.1 Å². The first-order valence-electron chi connectivity index (χ1n) is 4.59. The fourth-order valence-corrected chi connectivity index (χ4v) is 1.49. The molecule has 0 saturated heterocycles. The molecule has 0 spiro atoms. The largest absolute Gasteiger partial charge is 0.396 e. The molecule has 0 aromatic carbocycles. The Kier molecular flexibility index (Phi) is 4.93. The van der Waals surface area contributed by atoms with Crippen molar-refractivity contribution in [2.45, 2.75) is 19.4 Å². The second-order valence-electron chi connectivity index (χ2n) is 2.98. The second-order valence-corrected chi connectivity index (χ2v) is 3.39. The summed E-state index contributed by atoms with van der Waals surface area (Å²) in [5.41, 5.74) is 0.970. The number of aliphatic hydroxyl groups is 1. The molecular formula is C9H15ClN2O2. The number of rotatable bonds is 6. The molecule has 1 rings (SSSR count). The summed E-state index contributed by atoms with van der Waals surface area (Å²) in [6.07, 6.45) is 3.08. The van der Waals surface area contributed by atoms with E-state index in [0.29, 0.717) is 24.6 Å². The third kappa shape index (κ3) is 2.97. The van der Waals surface area contributed by atoms with Crippen LogP contribution in [0.2, 0.25) is 5.02 Å². The van der Waals surface area contributed by atoms with Crippen molar-refractivity contribution < 1.29 is 9.84 Å². The Hall–Kier alpha value is -0.580. The van der Waals surface area contributed by atoms with E-state index < -0.39 is 0 Å². The summed E-state index contributed by atoms with van der Waals surface area (Å²) in [6, 6.07) is 0. The minimum absolute atomic E-state index is 0.172. The first-order chi connectivity index (χ1) is 6.79. The van der Waals surface area contributed by atoms with Crippen LogP contribution >= 0.6 is 11.6 Å². The highest BCUT2D eigenvalue weighted by molar-refractivity contribution is 6.31. The zero-order valence-electron chi connectivity index (χ0n) is 8.24. The quantitative estimate of drug-likeness (QED) is 0.778. The number of aromatic nitrogens is 2. The van der Waals surface area contributed by atoms with Crippen LogP contribution in [-0.4, -0.2) is 35.2 Å². The van der Waals surface area contributed by atoms with Crippen molar-refractivity contribution in [1.29, 1.82) is 0 Å². The summed E-state index contributed by atoms with van der Waals surface area (Å²) in [4.78, 5) is 0. The van der Waals surface area contributed by atoms with Gasteiger partial charge in [0.15, 0.2) is 0 Å². The smallest absolute Gasteiger partial charge is 0.0817 e. The van der Waals surface area contributed by atoms with Gasteiger partial charge in [0, 0.05) is 13.7 Å². The molecular weight excluding hydrogens is 204 g/mol. The molecule has 0 bridgehead atoms. The molecule has 14 heavy (non-hydrogen) atoms. The van der Waals surface area contributed by atoms with Crippen molar-refractivity contribution in [2.75, 3.05) is 20.3 Å². The van der Waals surface area contributed by atoms with Gasteiger partial charge in [0.05, 0.1) is 30.1 Å². The van der Waals surface area contributed by atoms with Crippen LogP contribution in [0, 0.1) is 0 Å². The minimum Gasteiger partial charge on any atom is -0.396 e. The number of ether oxygens (including phenoxy) is 1. The Morgan fingerprint density at radius 2 is 2.43 bits per heavy atom. The van der Waals surface area contributed by atoms with Gasteiger partial charge in [-0.1, -0.05) is 11.6 Å². The summed E-state index contributed by atoms with van der Waals surface area (Å²) in [6.45, 7) is 1.49. The van der Waals surface area contributed by atoms with Gasteiger partial charge in [-0.15, -0.1) is 0 Å². The minimum atomic E-state index is 0.172. The number of halogens is 1. The van der Waals surface area contributed by atoms with Crippen LogP contribution in [0.1, 0.15) is 12.1 Å². The number of hydrogen-bond acceptors (Lipinski definition) is 3. The van der Waals surface area contributed by atoms with Gasteiger partial charge in [-0.05, 0) is 12.8 Å². The molecule has 0 aliphatic carbocycles. The predicted octanol–water partition coefficient (Wildman–Crippen LogP) is 1.11. The van der Waals surface area contributed by atoms with Crippen LogP contribution in [-0.2, 0) is 17.7 Å². The summed E-state index contributed by atoms with van der Waals surface area (Å²) in [5, 5.41) is 13.5. The Bertz CT molecular complexity index is 276.